The molecule has 0 unspecified atom stereocenters. The van der Waals surface area contributed by atoms with Crippen molar-refractivity contribution in [2.75, 3.05) is 26.2 Å². The van der Waals surface area contributed by atoms with Crippen molar-refractivity contribution in [2.24, 2.45) is 5.92 Å². The molecule has 2 aliphatic rings. The van der Waals surface area contributed by atoms with Crippen LogP contribution in [-0.2, 0) is 10.4 Å². The van der Waals surface area contributed by atoms with Gasteiger partial charge in [0.25, 0.3) is 0 Å². The monoisotopic (exact) mass is 339 g/mol. The van der Waals surface area contributed by atoms with Crippen LogP contribution in [0.5, 0.6) is 0 Å². The van der Waals surface area contributed by atoms with E-state index in [4.69, 9.17) is 0 Å². The van der Waals surface area contributed by atoms with E-state index in [1.807, 2.05) is 30.5 Å². The lowest BCUT2D eigenvalue weighted by atomic mass is 9.82. The molecule has 1 saturated heterocycles. The Labute approximate surface area is 148 Å². The Morgan fingerprint density at radius 3 is 2.84 bits per heavy atom. The van der Waals surface area contributed by atoms with Crippen LogP contribution in [0.2, 0.25) is 0 Å². The molecule has 5 nitrogen and oxygen atoms in total. The molecule has 4 rings (SSSR count). The number of carbonyl (C=O) groups excluding carboxylic acids is 1. The van der Waals surface area contributed by atoms with Crippen molar-refractivity contribution in [3.63, 3.8) is 0 Å². The summed E-state index contributed by atoms with van der Waals surface area (Å²) < 4.78 is 0. The zero-order chi connectivity index (χ0) is 17.3. The number of likely N-dealkylation sites (tertiary alicyclic amines) is 1. The fourth-order valence-electron chi connectivity index (χ4n) is 3.72. The van der Waals surface area contributed by atoms with Gasteiger partial charge in [-0.1, -0.05) is 18.2 Å². The molecule has 0 atom stereocenters. The molecule has 1 aliphatic carbocycles. The smallest absolute Gasteiger partial charge is 0.234 e. The summed E-state index contributed by atoms with van der Waals surface area (Å²) in [5.41, 5.74) is 0.146. The highest BCUT2D eigenvalue weighted by Crippen LogP contribution is 2.36. The van der Waals surface area contributed by atoms with Gasteiger partial charge in [0.1, 0.15) is 0 Å². The van der Waals surface area contributed by atoms with E-state index in [1.54, 1.807) is 6.20 Å². The molecule has 0 spiro atoms. The summed E-state index contributed by atoms with van der Waals surface area (Å²) in [5, 5.41) is 16.4. The van der Waals surface area contributed by atoms with Gasteiger partial charge in [0.15, 0.2) is 0 Å². The molecular weight excluding hydrogens is 314 g/mol. The standard InChI is InChI=1S/C20H25N3O2/c24-19(22-12-15-4-5-15)14-23-10-7-20(25,8-11-23)18-3-1-2-16-13-21-9-6-17(16)18/h1-3,6,9,13,15,25H,4-5,7-8,10-12,14H2,(H,22,24). The highest BCUT2D eigenvalue weighted by molar-refractivity contribution is 5.85. The van der Waals surface area contributed by atoms with Gasteiger partial charge in [0.2, 0.25) is 5.91 Å². The third-order valence-electron chi connectivity index (χ3n) is 5.52. The van der Waals surface area contributed by atoms with E-state index in [9.17, 15) is 9.90 Å². The number of amides is 1. The maximum Gasteiger partial charge on any atom is 0.234 e. The van der Waals surface area contributed by atoms with Crippen LogP contribution < -0.4 is 5.32 Å². The molecule has 2 fully saturated rings. The Morgan fingerprint density at radius 2 is 2.08 bits per heavy atom. The first-order valence-corrected chi connectivity index (χ1v) is 9.19. The lowest BCUT2D eigenvalue weighted by molar-refractivity contribution is -0.123. The summed E-state index contributed by atoms with van der Waals surface area (Å²) in [5.74, 6) is 0.810. The Bertz CT molecular complexity index is 759. The van der Waals surface area contributed by atoms with Gasteiger partial charge in [0.05, 0.1) is 12.1 Å². The molecule has 2 heterocycles. The molecule has 0 radical (unpaired) electrons. The van der Waals surface area contributed by atoms with Crippen molar-refractivity contribution in [3.05, 3.63) is 42.2 Å². The Balaban J connectivity index is 1.40. The number of carbonyl (C=O) groups is 1. The molecule has 0 bridgehead atoms. The lowest BCUT2D eigenvalue weighted by Gasteiger charge is -2.38. The first kappa shape index (κ1) is 16.5. The average Bonchev–Trinajstić information content (AvgIpc) is 3.46. The van der Waals surface area contributed by atoms with E-state index in [-0.39, 0.29) is 5.91 Å². The van der Waals surface area contributed by atoms with Crippen LogP contribution in [0.15, 0.2) is 36.7 Å². The van der Waals surface area contributed by atoms with E-state index in [0.717, 1.165) is 36.0 Å². The van der Waals surface area contributed by atoms with Gasteiger partial charge in [-0.25, -0.2) is 0 Å². The summed E-state index contributed by atoms with van der Waals surface area (Å²) in [6.45, 7) is 2.71. The predicted molar refractivity (Wildman–Crippen MR) is 97.0 cm³/mol. The minimum atomic E-state index is -0.831. The Morgan fingerprint density at radius 1 is 1.28 bits per heavy atom. The summed E-state index contributed by atoms with van der Waals surface area (Å²) in [6, 6.07) is 7.99. The number of pyridine rings is 1. The van der Waals surface area contributed by atoms with Crippen LogP contribution in [0.3, 0.4) is 0 Å². The van der Waals surface area contributed by atoms with Crippen molar-refractivity contribution >= 4 is 16.7 Å². The zero-order valence-corrected chi connectivity index (χ0v) is 14.4. The molecule has 2 N–H and O–H groups in total. The average molecular weight is 339 g/mol. The number of benzene rings is 1. The van der Waals surface area contributed by atoms with Crippen LogP contribution in [0.25, 0.3) is 10.8 Å². The molecule has 1 aromatic carbocycles. The fraction of sp³-hybridized carbons (Fsp3) is 0.500. The molecule has 132 valence electrons. The van der Waals surface area contributed by atoms with Crippen LogP contribution in [-0.4, -0.2) is 47.1 Å². The molecule has 1 aliphatic heterocycles. The van der Waals surface area contributed by atoms with Gasteiger partial charge in [-0.15, -0.1) is 0 Å². The van der Waals surface area contributed by atoms with Gasteiger partial charge in [-0.3, -0.25) is 14.7 Å². The molecule has 1 saturated carbocycles. The Hall–Kier alpha value is -1.98. The maximum absolute atomic E-state index is 12.0. The van der Waals surface area contributed by atoms with Crippen LogP contribution in [0.4, 0.5) is 0 Å². The van der Waals surface area contributed by atoms with Gasteiger partial charge >= 0.3 is 0 Å². The molecular formula is C20H25N3O2. The van der Waals surface area contributed by atoms with E-state index in [1.165, 1.54) is 12.8 Å². The number of aliphatic hydroxyl groups is 1. The normalized spacial score (nSPS) is 20.5. The number of aromatic nitrogens is 1. The van der Waals surface area contributed by atoms with Crippen LogP contribution in [0, 0.1) is 5.92 Å². The highest BCUT2D eigenvalue weighted by Gasteiger charge is 2.35. The summed E-state index contributed by atoms with van der Waals surface area (Å²) in [6.07, 6.45) is 7.39. The summed E-state index contributed by atoms with van der Waals surface area (Å²) >= 11 is 0. The third-order valence-corrected chi connectivity index (χ3v) is 5.52. The molecule has 2 aromatic rings. The number of hydrogen-bond acceptors (Lipinski definition) is 4. The fourth-order valence-corrected chi connectivity index (χ4v) is 3.72. The van der Waals surface area contributed by atoms with Gasteiger partial charge in [-0.05, 0) is 48.6 Å². The minimum Gasteiger partial charge on any atom is -0.385 e. The van der Waals surface area contributed by atoms with Crippen molar-refractivity contribution in [2.45, 2.75) is 31.3 Å². The largest absolute Gasteiger partial charge is 0.385 e. The van der Waals surface area contributed by atoms with E-state index in [2.05, 4.69) is 15.2 Å². The molecule has 25 heavy (non-hydrogen) atoms. The molecule has 1 amide bonds. The molecule has 5 heteroatoms. The Kier molecular flexibility index (Phi) is 4.44. The zero-order valence-electron chi connectivity index (χ0n) is 14.4. The van der Waals surface area contributed by atoms with Gasteiger partial charge < -0.3 is 10.4 Å². The highest BCUT2D eigenvalue weighted by atomic mass is 16.3. The number of nitrogens with one attached hydrogen (secondary N) is 1. The van der Waals surface area contributed by atoms with Crippen molar-refractivity contribution < 1.29 is 9.90 Å². The van der Waals surface area contributed by atoms with Crippen LogP contribution in [0.1, 0.15) is 31.2 Å². The first-order valence-electron chi connectivity index (χ1n) is 9.19. The molecule has 1 aromatic heterocycles. The predicted octanol–water partition coefficient (Wildman–Crippen LogP) is 2.04. The number of rotatable bonds is 5. The second kappa shape index (κ2) is 6.73. The lowest BCUT2D eigenvalue weighted by Crippen LogP contribution is -2.46. The van der Waals surface area contributed by atoms with E-state index >= 15 is 0 Å². The SMILES string of the molecule is O=C(CN1CCC(O)(c2cccc3cnccc23)CC1)NCC1CC1. The third kappa shape index (κ3) is 3.67. The number of nitrogens with zero attached hydrogens (tertiary/aromatic N) is 2. The summed E-state index contributed by atoms with van der Waals surface area (Å²) in [4.78, 5) is 18.3. The quantitative estimate of drug-likeness (QED) is 0.875. The van der Waals surface area contributed by atoms with Crippen LogP contribution >= 0.6 is 0 Å². The van der Waals surface area contributed by atoms with Crippen molar-refractivity contribution in [1.29, 1.82) is 0 Å². The second-order valence-electron chi connectivity index (χ2n) is 7.46. The number of piperidine rings is 1. The first-order chi connectivity index (χ1) is 12.1. The topological polar surface area (TPSA) is 65.5 Å². The number of hydrogen-bond donors (Lipinski definition) is 2. The maximum atomic E-state index is 12.0. The number of fused-ring (bicyclic) bond motifs is 1. The minimum absolute atomic E-state index is 0.105. The van der Waals surface area contributed by atoms with Gasteiger partial charge in [0, 0.05) is 37.4 Å². The van der Waals surface area contributed by atoms with Gasteiger partial charge in [-0.2, -0.15) is 0 Å². The van der Waals surface area contributed by atoms with E-state index < -0.39 is 5.60 Å². The van der Waals surface area contributed by atoms with Crippen molar-refractivity contribution in [1.82, 2.24) is 15.2 Å². The summed E-state index contributed by atoms with van der Waals surface area (Å²) in [7, 11) is 0. The second-order valence-corrected chi connectivity index (χ2v) is 7.46. The van der Waals surface area contributed by atoms with Crippen molar-refractivity contribution in [3.8, 4) is 0 Å². The van der Waals surface area contributed by atoms with E-state index in [0.29, 0.717) is 25.3 Å².